The molecule has 8 nitrogen and oxygen atoms in total. The van der Waals surface area contributed by atoms with Gasteiger partial charge in [-0.15, -0.1) is 0 Å². The molecule has 2 aromatic heterocycles. The third kappa shape index (κ3) is 4.07. The number of hydrogen-bond acceptors (Lipinski definition) is 5. The number of carbonyl (C=O) groups is 1. The zero-order valence-electron chi connectivity index (χ0n) is 16.5. The molecule has 0 aliphatic heterocycles. The highest BCUT2D eigenvalue weighted by Crippen LogP contribution is 2.18. The Morgan fingerprint density at radius 1 is 1.17 bits per heavy atom. The Labute approximate surface area is 167 Å². The smallest absolute Gasteiger partial charge is 0.332 e. The number of carbonyl (C=O) groups excluding carboxylic acids is 1. The molecule has 3 aromatic rings. The van der Waals surface area contributed by atoms with Crippen LogP contribution >= 0.6 is 0 Å². The maximum absolute atomic E-state index is 12.9. The molecule has 0 unspecified atom stereocenters. The second kappa shape index (κ2) is 8.74. The van der Waals surface area contributed by atoms with Crippen LogP contribution in [0.25, 0.3) is 0 Å². The number of aromatic nitrogens is 2. The van der Waals surface area contributed by atoms with Gasteiger partial charge in [0.2, 0.25) is 5.78 Å². The molecule has 0 saturated heterocycles. The van der Waals surface area contributed by atoms with Gasteiger partial charge in [-0.25, -0.2) is 4.79 Å². The van der Waals surface area contributed by atoms with Gasteiger partial charge < -0.3 is 15.5 Å². The molecule has 0 aliphatic carbocycles. The molecule has 0 fully saturated rings. The fourth-order valence-electron chi connectivity index (χ4n) is 3.36. The standard InChI is InChI=1S/C21H24N4O4/c1-3-11-25-19(22)17(20(27)24(2)21(25)28)15(26)13-23-18(16-10-7-12-29-16)14-8-5-4-6-9-14/h4-10,12,18,23H,3,11,13,22H2,1-2H3/p+1/t18-/m1/s1. The van der Waals surface area contributed by atoms with Gasteiger partial charge >= 0.3 is 5.69 Å². The van der Waals surface area contributed by atoms with Crippen molar-refractivity contribution in [3.05, 3.63) is 86.5 Å². The lowest BCUT2D eigenvalue weighted by atomic mass is 10.0. The normalized spacial score (nSPS) is 12.1. The summed E-state index contributed by atoms with van der Waals surface area (Å²) in [5.41, 5.74) is 5.67. The number of quaternary nitrogens is 1. The van der Waals surface area contributed by atoms with Crippen molar-refractivity contribution < 1.29 is 14.5 Å². The van der Waals surface area contributed by atoms with Gasteiger partial charge in [-0.3, -0.25) is 18.7 Å². The molecule has 0 spiro atoms. The Morgan fingerprint density at radius 2 is 1.90 bits per heavy atom. The second-order valence-corrected chi connectivity index (χ2v) is 6.83. The molecular formula is C21H25N4O4+. The Kier molecular flexibility index (Phi) is 6.13. The van der Waals surface area contributed by atoms with E-state index in [0.29, 0.717) is 18.7 Å². The number of anilines is 1. The Bertz CT molecular complexity index is 1100. The number of rotatable bonds is 8. The van der Waals surface area contributed by atoms with E-state index in [1.165, 1.54) is 11.6 Å². The quantitative estimate of drug-likeness (QED) is 0.542. The highest BCUT2D eigenvalue weighted by Gasteiger charge is 2.26. The molecule has 4 N–H and O–H groups in total. The van der Waals surface area contributed by atoms with E-state index in [0.717, 1.165) is 10.1 Å². The predicted molar refractivity (Wildman–Crippen MR) is 109 cm³/mol. The maximum Gasteiger partial charge on any atom is 0.332 e. The zero-order chi connectivity index (χ0) is 21.0. The first-order chi connectivity index (χ1) is 14.0. The summed E-state index contributed by atoms with van der Waals surface area (Å²) in [4.78, 5) is 37.8. The van der Waals surface area contributed by atoms with Gasteiger partial charge in [0.05, 0.1) is 6.26 Å². The zero-order valence-corrected chi connectivity index (χ0v) is 16.5. The molecule has 0 amide bonds. The van der Waals surface area contributed by atoms with Crippen LogP contribution in [0.2, 0.25) is 0 Å². The largest absolute Gasteiger partial charge is 0.463 e. The van der Waals surface area contributed by atoms with E-state index in [4.69, 9.17) is 10.2 Å². The van der Waals surface area contributed by atoms with Crippen molar-refractivity contribution in [2.45, 2.75) is 25.9 Å². The number of hydrogen-bond donors (Lipinski definition) is 2. The molecule has 1 aromatic carbocycles. The molecule has 1 atom stereocenters. The Balaban J connectivity index is 1.92. The van der Waals surface area contributed by atoms with E-state index < -0.39 is 17.0 Å². The van der Waals surface area contributed by atoms with Gasteiger partial charge in [-0.05, 0) is 18.6 Å². The van der Waals surface area contributed by atoms with Crippen LogP contribution in [0.4, 0.5) is 5.82 Å². The summed E-state index contributed by atoms with van der Waals surface area (Å²) in [6, 6.07) is 13.0. The van der Waals surface area contributed by atoms with Gasteiger partial charge in [0, 0.05) is 19.2 Å². The van der Waals surface area contributed by atoms with Gasteiger partial charge in [-0.2, -0.15) is 0 Å². The summed E-state index contributed by atoms with van der Waals surface area (Å²) < 4.78 is 7.75. The van der Waals surface area contributed by atoms with Crippen LogP contribution in [-0.2, 0) is 13.6 Å². The van der Waals surface area contributed by atoms with E-state index in [9.17, 15) is 14.4 Å². The summed E-state index contributed by atoms with van der Waals surface area (Å²) in [6.45, 7) is 2.20. The van der Waals surface area contributed by atoms with Crippen LogP contribution < -0.4 is 22.3 Å². The number of nitrogens with zero attached hydrogens (tertiary/aromatic N) is 2. The van der Waals surface area contributed by atoms with Crippen molar-refractivity contribution in [2.75, 3.05) is 12.3 Å². The van der Waals surface area contributed by atoms with Gasteiger partial charge in [0.1, 0.15) is 17.9 Å². The Hall–Kier alpha value is -3.39. The van der Waals surface area contributed by atoms with Crippen LogP contribution in [0.3, 0.4) is 0 Å². The first kappa shape index (κ1) is 20.3. The number of Topliss-reactive ketones (excluding diaryl/α,β-unsaturated/α-hetero) is 1. The average molecular weight is 397 g/mol. The minimum absolute atomic E-state index is 0.0238. The van der Waals surface area contributed by atoms with Gasteiger partial charge in [-0.1, -0.05) is 37.3 Å². The van der Waals surface area contributed by atoms with Crippen LogP contribution in [0.5, 0.6) is 0 Å². The minimum atomic E-state index is -0.674. The van der Waals surface area contributed by atoms with Crippen molar-refractivity contribution in [3.8, 4) is 0 Å². The number of nitrogen functional groups attached to an aromatic ring is 1. The van der Waals surface area contributed by atoms with E-state index in [2.05, 4.69) is 0 Å². The molecule has 152 valence electrons. The SMILES string of the molecule is CCCn1c(N)c(C(=O)C[NH2+][C@H](c2ccccc2)c2ccco2)c(=O)n(C)c1=O. The first-order valence-corrected chi connectivity index (χ1v) is 9.49. The lowest BCUT2D eigenvalue weighted by molar-refractivity contribution is -0.677. The van der Waals surface area contributed by atoms with Gasteiger partial charge in [0.25, 0.3) is 5.56 Å². The molecule has 0 radical (unpaired) electrons. The average Bonchev–Trinajstić information content (AvgIpc) is 3.25. The monoisotopic (exact) mass is 397 g/mol. The minimum Gasteiger partial charge on any atom is -0.463 e. The van der Waals surface area contributed by atoms with Gasteiger partial charge in [0.15, 0.2) is 11.8 Å². The molecule has 29 heavy (non-hydrogen) atoms. The Morgan fingerprint density at radius 3 is 2.52 bits per heavy atom. The maximum atomic E-state index is 12.9. The van der Waals surface area contributed by atoms with Crippen molar-refractivity contribution in [3.63, 3.8) is 0 Å². The van der Waals surface area contributed by atoms with Crippen LogP contribution in [0.1, 0.15) is 41.1 Å². The van der Waals surface area contributed by atoms with E-state index >= 15 is 0 Å². The van der Waals surface area contributed by atoms with Crippen LogP contribution in [-0.4, -0.2) is 21.5 Å². The molecule has 3 rings (SSSR count). The third-order valence-electron chi connectivity index (χ3n) is 4.86. The number of nitrogens with two attached hydrogens (primary N) is 2. The summed E-state index contributed by atoms with van der Waals surface area (Å²) in [5, 5.41) is 1.80. The molecule has 0 aliphatic rings. The number of benzene rings is 1. The molecule has 2 heterocycles. The van der Waals surface area contributed by atoms with Crippen molar-refractivity contribution >= 4 is 11.6 Å². The third-order valence-corrected chi connectivity index (χ3v) is 4.86. The lowest BCUT2D eigenvalue weighted by Crippen LogP contribution is -2.87. The van der Waals surface area contributed by atoms with E-state index in [1.54, 1.807) is 17.6 Å². The summed E-state index contributed by atoms with van der Waals surface area (Å²) in [6.07, 6.45) is 2.23. The highest BCUT2D eigenvalue weighted by molar-refractivity contribution is 6.00. The molecular weight excluding hydrogens is 372 g/mol. The topological polar surface area (TPSA) is 117 Å². The summed E-state index contributed by atoms with van der Waals surface area (Å²) in [7, 11) is 1.35. The lowest BCUT2D eigenvalue weighted by Gasteiger charge is -2.16. The van der Waals surface area contributed by atoms with E-state index in [1.807, 2.05) is 43.3 Å². The fraction of sp³-hybridized carbons (Fsp3) is 0.286. The van der Waals surface area contributed by atoms with Crippen molar-refractivity contribution in [1.82, 2.24) is 9.13 Å². The first-order valence-electron chi connectivity index (χ1n) is 9.49. The summed E-state index contributed by atoms with van der Waals surface area (Å²) in [5.74, 6) is 0.189. The van der Waals surface area contributed by atoms with Crippen LogP contribution in [0.15, 0.2) is 62.7 Å². The molecule has 0 bridgehead atoms. The number of furan rings is 1. The highest BCUT2D eigenvalue weighted by atomic mass is 16.3. The van der Waals surface area contributed by atoms with Crippen molar-refractivity contribution in [1.29, 1.82) is 0 Å². The summed E-state index contributed by atoms with van der Waals surface area (Å²) >= 11 is 0. The van der Waals surface area contributed by atoms with E-state index in [-0.39, 0.29) is 24.0 Å². The second-order valence-electron chi connectivity index (χ2n) is 6.83. The predicted octanol–water partition coefficient (Wildman–Crippen LogP) is 0.668. The van der Waals surface area contributed by atoms with Crippen LogP contribution in [0, 0.1) is 0 Å². The molecule has 0 saturated carbocycles. The fourth-order valence-corrected chi connectivity index (χ4v) is 3.36. The molecule has 8 heteroatoms. The number of ketones is 1. The van der Waals surface area contributed by atoms with Crippen molar-refractivity contribution in [2.24, 2.45) is 7.05 Å².